The van der Waals surface area contributed by atoms with Crippen LogP contribution in [0.3, 0.4) is 0 Å². The van der Waals surface area contributed by atoms with E-state index in [9.17, 15) is 18.0 Å². The number of sulfone groups is 1. The zero-order valence-electron chi connectivity index (χ0n) is 18.3. The maximum Gasteiger partial charge on any atom is 0.253 e. The van der Waals surface area contributed by atoms with E-state index in [1.54, 1.807) is 32.0 Å². The highest BCUT2D eigenvalue weighted by molar-refractivity contribution is 7.90. The summed E-state index contributed by atoms with van der Waals surface area (Å²) in [6.07, 6.45) is 1.08. The van der Waals surface area contributed by atoms with Crippen molar-refractivity contribution in [1.29, 1.82) is 0 Å². The summed E-state index contributed by atoms with van der Waals surface area (Å²) < 4.78 is 21.9. The van der Waals surface area contributed by atoms with Crippen molar-refractivity contribution in [3.63, 3.8) is 0 Å². The predicted octanol–water partition coefficient (Wildman–Crippen LogP) is 5.73. The molecule has 0 saturated heterocycles. The Bertz CT molecular complexity index is 1240. The maximum atomic E-state index is 12.9. The second kappa shape index (κ2) is 9.68. The summed E-state index contributed by atoms with van der Waals surface area (Å²) in [6.45, 7) is 3.17. The lowest BCUT2D eigenvalue weighted by molar-refractivity contribution is -0.117. The highest BCUT2D eigenvalue weighted by atomic mass is 35.5. The van der Waals surface area contributed by atoms with Crippen LogP contribution < -0.4 is 10.6 Å². The number of anilines is 1. The van der Waals surface area contributed by atoms with Crippen LogP contribution in [0.5, 0.6) is 0 Å². The highest BCUT2D eigenvalue weighted by Crippen LogP contribution is 2.65. The van der Waals surface area contributed by atoms with Crippen molar-refractivity contribution >= 4 is 85.3 Å². The van der Waals surface area contributed by atoms with Crippen LogP contribution in [0.25, 0.3) is 0 Å². The quantitative estimate of drug-likeness (QED) is 0.406. The predicted molar refractivity (Wildman–Crippen MR) is 138 cm³/mol. The molecular weight excluding hydrogens is 566 g/mol. The molecular formula is C22H21Cl5N2O4S. The molecule has 2 N–H and O–H groups in total. The number of hydrogen-bond acceptors (Lipinski definition) is 4. The Hall–Kier alpha value is -1.22. The molecule has 0 spiro atoms. The fourth-order valence-electron chi connectivity index (χ4n) is 3.89. The zero-order valence-corrected chi connectivity index (χ0v) is 22.9. The van der Waals surface area contributed by atoms with Crippen molar-refractivity contribution in [2.24, 2.45) is 5.92 Å². The van der Waals surface area contributed by atoms with Crippen molar-refractivity contribution in [1.82, 2.24) is 5.32 Å². The second-order valence-corrected chi connectivity index (χ2v) is 13.8. The molecule has 0 radical (unpaired) electrons. The zero-order chi connectivity index (χ0) is 25.6. The van der Waals surface area contributed by atoms with Gasteiger partial charge < -0.3 is 10.6 Å². The Morgan fingerprint density at radius 1 is 1.03 bits per heavy atom. The summed E-state index contributed by atoms with van der Waals surface area (Å²) in [5, 5.41) is 6.28. The van der Waals surface area contributed by atoms with Crippen LogP contribution in [0.15, 0.2) is 36.4 Å². The van der Waals surface area contributed by atoms with Crippen LogP contribution in [0.1, 0.15) is 35.7 Å². The molecule has 12 heteroatoms. The third-order valence-electron chi connectivity index (χ3n) is 5.13. The summed E-state index contributed by atoms with van der Waals surface area (Å²) in [5.74, 6) is -2.62. The van der Waals surface area contributed by atoms with Crippen molar-refractivity contribution < 1.29 is 18.0 Å². The first-order chi connectivity index (χ1) is 15.5. The van der Waals surface area contributed by atoms with Gasteiger partial charge in [-0.1, -0.05) is 34.8 Å². The molecule has 1 aliphatic rings. The summed E-state index contributed by atoms with van der Waals surface area (Å²) in [5.41, 5.74) is -0.0480. The molecule has 2 atom stereocenters. The number of hydrogen-bond donors (Lipinski definition) is 2. The monoisotopic (exact) mass is 584 g/mol. The summed E-state index contributed by atoms with van der Waals surface area (Å²) in [6, 6.07) is 9.22. The van der Waals surface area contributed by atoms with E-state index in [1.807, 2.05) is 0 Å². The van der Waals surface area contributed by atoms with Crippen LogP contribution in [0.4, 0.5) is 5.69 Å². The number of nitrogens with one attached hydrogen (secondary N) is 2. The minimum atomic E-state index is -3.34. The van der Waals surface area contributed by atoms with E-state index in [-0.39, 0.29) is 16.3 Å². The van der Waals surface area contributed by atoms with E-state index in [4.69, 9.17) is 58.0 Å². The normalized spacial score (nSPS) is 19.4. The first-order valence-electron chi connectivity index (χ1n) is 9.95. The number of rotatable bonds is 7. The van der Waals surface area contributed by atoms with Crippen molar-refractivity contribution in [2.75, 3.05) is 17.3 Å². The van der Waals surface area contributed by atoms with E-state index < -0.39 is 43.4 Å². The van der Waals surface area contributed by atoms with Gasteiger partial charge in [0, 0.05) is 33.4 Å². The van der Waals surface area contributed by atoms with Crippen molar-refractivity contribution in [3.8, 4) is 0 Å². The minimum absolute atomic E-state index is 0.0676. The molecule has 2 aromatic rings. The van der Waals surface area contributed by atoms with Gasteiger partial charge >= 0.3 is 0 Å². The average Bonchev–Trinajstić information content (AvgIpc) is 3.22. The van der Waals surface area contributed by atoms with E-state index >= 15 is 0 Å². The van der Waals surface area contributed by atoms with E-state index in [2.05, 4.69) is 10.6 Å². The summed E-state index contributed by atoms with van der Waals surface area (Å²) in [4.78, 5) is 25.7. The van der Waals surface area contributed by atoms with Crippen LogP contribution >= 0.6 is 58.0 Å². The fraction of sp³-hybridized carbons (Fsp3) is 0.364. The Morgan fingerprint density at radius 2 is 1.62 bits per heavy atom. The Kier molecular flexibility index (Phi) is 7.79. The molecule has 2 amide bonds. The van der Waals surface area contributed by atoms with Gasteiger partial charge in [-0.05, 0) is 55.8 Å². The summed E-state index contributed by atoms with van der Waals surface area (Å²) >= 11 is 31.1. The number of carbonyl (C=O) groups excluding carboxylic acids is 2. The molecule has 0 aromatic heterocycles. The van der Waals surface area contributed by atoms with E-state index in [1.165, 1.54) is 18.2 Å². The largest absolute Gasteiger partial charge is 0.346 e. The number of carbonyl (C=O) groups is 2. The molecule has 6 nitrogen and oxygen atoms in total. The van der Waals surface area contributed by atoms with Gasteiger partial charge in [0.1, 0.15) is 14.2 Å². The van der Waals surface area contributed by atoms with Crippen molar-refractivity contribution in [2.45, 2.75) is 29.6 Å². The lowest BCUT2D eigenvalue weighted by Gasteiger charge is -2.25. The van der Waals surface area contributed by atoms with E-state index in [0.717, 1.165) is 6.26 Å². The molecule has 34 heavy (non-hydrogen) atoms. The Balaban J connectivity index is 1.77. The van der Waals surface area contributed by atoms with Crippen LogP contribution in [-0.4, -0.2) is 42.1 Å². The van der Waals surface area contributed by atoms with Gasteiger partial charge in [-0.15, -0.1) is 23.2 Å². The molecule has 184 valence electrons. The number of halogens is 5. The Labute approximate surface area is 223 Å². The molecule has 3 rings (SSSR count). The van der Waals surface area contributed by atoms with Gasteiger partial charge in [0.25, 0.3) is 5.91 Å². The van der Waals surface area contributed by atoms with Gasteiger partial charge in [-0.2, -0.15) is 0 Å². The first kappa shape index (κ1) is 27.4. The van der Waals surface area contributed by atoms with Gasteiger partial charge in [-0.25, -0.2) is 8.42 Å². The molecule has 2 aromatic carbocycles. The second-order valence-electron chi connectivity index (χ2n) is 8.92. The summed E-state index contributed by atoms with van der Waals surface area (Å²) in [7, 11) is -3.34. The number of benzene rings is 2. The highest BCUT2D eigenvalue weighted by Gasteiger charge is 2.67. The molecule has 1 saturated carbocycles. The van der Waals surface area contributed by atoms with E-state index in [0.29, 0.717) is 21.3 Å². The standard InChI is InChI=1S/C22H21Cl5N2O4S/c1-21(2,10-34(3,32)33)29-19(30)15-9-14(4-5-16(15)25)28-20(31)18-17(22(18,26)27)11-6-12(23)8-13(24)7-11/h4-9,17-18H,10H2,1-3H3,(H,28,31)(H,29,30). The number of amides is 2. The lowest BCUT2D eigenvalue weighted by atomic mass is 10.1. The fourth-order valence-corrected chi connectivity index (χ4v) is 6.84. The SMILES string of the molecule is CC(C)(CS(C)(=O)=O)NC(=O)c1cc(NC(=O)C2C(c3cc(Cl)cc(Cl)c3)C2(Cl)Cl)ccc1Cl. The molecule has 1 fully saturated rings. The smallest absolute Gasteiger partial charge is 0.253 e. The van der Waals surface area contributed by atoms with Crippen LogP contribution in [0.2, 0.25) is 15.1 Å². The van der Waals surface area contributed by atoms with Gasteiger partial charge in [0.05, 0.1) is 22.3 Å². The molecule has 0 heterocycles. The third kappa shape index (κ3) is 6.50. The van der Waals surface area contributed by atoms with Crippen LogP contribution in [-0.2, 0) is 14.6 Å². The molecule has 0 bridgehead atoms. The van der Waals surface area contributed by atoms with Crippen molar-refractivity contribution in [3.05, 3.63) is 62.6 Å². The van der Waals surface area contributed by atoms with Gasteiger partial charge in [0.2, 0.25) is 5.91 Å². The topological polar surface area (TPSA) is 92.3 Å². The van der Waals surface area contributed by atoms with Gasteiger partial charge in [0.15, 0.2) is 0 Å². The molecule has 1 aliphatic carbocycles. The third-order valence-corrected chi connectivity index (χ3v) is 8.09. The minimum Gasteiger partial charge on any atom is -0.346 e. The maximum absolute atomic E-state index is 12.9. The molecule has 0 aliphatic heterocycles. The van der Waals surface area contributed by atoms with Crippen LogP contribution in [0, 0.1) is 5.92 Å². The van der Waals surface area contributed by atoms with Gasteiger partial charge in [-0.3, -0.25) is 9.59 Å². The average molecular weight is 587 g/mol. The lowest BCUT2D eigenvalue weighted by Crippen LogP contribution is -2.48. The first-order valence-corrected chi connectivity index (χ1v) is 13.9. The molecule has 2 unspecified atom stereocenters. The number of alkyl halides is 2. The Morgan fingerprint density at radius 3 is 2.18 bits per heavy atom.